The minimum Gasteiger partial charge on any atom is -0.494 e. The molecule has 15 heavy (non-hydrogen) atoms. The molecule has 0 atom stereocenters. The molecule has 0 aliphatic rings. The summed E-state index contributed by atoms with van der Waals surface area (Å²) >= 11 is 0. The summed E-state index contributed by atoms with van der Waals surface area (Å²) in [6, 6.07) is 4.80. The van der Waals surface area contributed by atoms with Crippen molar-refractivity contribution in [1.82, 2.24) is 0 Å². The zero-order valence-corrected chi connectivity index (χ0v) is 9.11. The van der Waals surface area contributed by atoms with Crippen LogP contribution < -0.4 is 4.74 Å². The van der Waals surface area contributed by atoms with Crippen LogP contribution in [0.1, 0.15) is 26.3 Å². The van der Waals surface area contributed by atoms with Gasteiger partial charge in [-0.05, 0) is 19.1 Å². The number of nitrogens with zero attached hydrogens (tertiary/aromatic N) is 1. The lowest BCUT2D eigenvalue weighted by atomic mass is 10.0. The fourth-order valence-corrected chi connectivity index (χ4v) is 1.33. The molecule has 1 rings (SSSR count). The maximum Gasteiger partial charge on any atom is 0.273 e. The first-order valence-corrected chi connectivity index (χ1v) is 4.78. The van der Waals surface area contributed by atoms with Gasteiger partial charge in [-0.3, -0.25) is 10.1 Å². The van der Waals surface area contributed by atoms with Gasteiger partial charge in [-0.1, -0.05) is 13.8 Å². The lowest BCUT2D eigenvalue weighted by Gasteiger charge is -2.08. The monoisotopic (exact) mass is 208 g/mol. The van der Waals surface area contributed by atoms with Crippen LogP contribution in [0.2, 0.25) is 0 Å². The Morgan fingerprint density at radius 2 is 2.13 bits per heavy atom. The predicted molar refractivity (Wildman–Crippen MR) is 58.0 cm³/mol. The molecule has 0 saturated heterocycles. The fourth-order valence-electron chi connectivity index (χ4n) is 1.33. The molecule has 0 fully saturated rings. The van der Waals surface area contributed by atoms with E-state index in [4.69, 9.17) is 4.74 Å². The molecule has 0 bridgehead atoms. The van der Waals surface area contributed by atoms with Gasteiger partial charge in [-0.15, -0.1) is 0 Å². The highest BCUT2D eigenvalue weighted by atomic mass is 16.6. The number of hydrogen-bond acceptors (Lipinski definition) is 3. The molecule has 0 aromatic heterocycles. The topological polar surface area (TPSA) is 52.4 Å². The third-order valence-corrected chi connectivity index (χ3v) is 2.01. The van der Waals surface area contributed by atoms with Gasteiger partial charge in [0, 0.05) is 17.5 Å². The Morgan fingerprint density at radius 3 is 2.60 bits per heavy atom. The van der Waals surface area contributed by atoms with Gasteiger partial charge in [0.15, 0.2) is 0 Å². The van der Waals surface area contributed by atoms with Crippen LogP contribution in [0.4, 0.5) is 5.69 Å². The molecule has 0 aliphatic carbocycles. The average molecular weight is 208 g/mol. The number of rotatable bonds is 4. The normalized spacial score (nSPS) is 10.4. The smallest absolute Gasteiger partial charge is 0.273 e. The first kappa shape index (κ1) is 11.5. The van der Waals surface area contributed by atoms with E-state index in [0.29, 0.717) is 17.9 Å². The van der Waals surface area contributed by atoms with Gasteiger partial charge < -0.3 is 4.74 Å². The lowest BCUT2D eigenvalue weighted by molar-refractivity contribution is -0.385. The summed E-state index contributed by atoms with van der Waals surface area (Å²) in [6.45, 7) is 6.12. The molecule has 4 nitrogen and oxygen atoms in total. The van der Waals surface area contributed by atoms with Crippen molar-refractivity contribution in [3.63, 3.8) is 0 Å². The third kappa shape index (κ3) is 2.68. The summed E-state index contributed by atoms with van der Waals surface area (Å²) in [7, 11) is 0. The van der Waals surface area contributed by atoms with Crippen LogP contribution in [0, 0.1) is 16.0 Å². The quantitative estimate of drug-likeness (QED) is 0.564. The zero-order valence-electron chi connectivity index (χ0n) is 9.11. The number of ether oxygens (including phenoxy) is 1. The van der Waals surface area contributed by atoms with Crippen molar-refractivity contribution in [2.45, 2.75) is 20.8 Å². The number of nitro groups is 1. The van der Waals surface area contributed by atoms with E-state index in [2.05, 4.69) is 0 Å². The van der Waals surface area contributed by atoms with Crippen molar-refractivity contribution < 1.29 is 9.66 Å². The van der Waals surface area contributed by atoms with E-state index in [-0.39, 0.29) is 10.6 Å². The van der Waals surface area contributed by atoms with Gasteiger partial charge in [0.05, 0.1) is 11.5 Å². The molecule has 0 heterocycles. The Bertz CT molecular complexity index is 361. The maximum atomic E-state index is 10.7. The van der Waals surface area contributed by atoms with Crippen molar-refractivity contribution in [2.75, 3.05) is 6.61 Å². The van der Waals surface area contributed by atoms with E-state index >= 15 is 0 Å². The van der Waals surface area contributed by atoms with Gasteiger partial charge in [0.1, 0.15) is 5.75 Å². The van der Waals surface area contributed by atoms with E-state index in [9.17, 15) is 10.1 Å². The van der Waals surface area contributed by atoms with Crippen LogP contribution >= 0.6 is 0 Å². The highest BCUT2D eigenvalue weighted by molar-refractivity contribution is 5.51. The molecular formula is C11H14NO3. The molecule has 0 N–H and O–H groups in total. The average Bonchev–Trinajstić information content (AvgIpc) is 2.17. The van der Waals surface area contributed by atoms with E-state index in [1.165, 1.54) is 6.07 Å². The molecule has 0 saturated carbocycles. The largest absolute Gasteiger partial charge is 0.494 e. The van der Waals surface area contributed by atoms with Crippen molar-refractivity contribution in [3.05, 3.63) is 39.8 Å². The third-order valence-electron chi connectivity index (χ3n) is 2.01. The lowest BCUT2D eigenvalue weighted by Crippen LogP contribution is -1.99. The highest BCUT2D eigenvalue weighted by Crippen LogP contribution is 2.29. The Hall–Kier alpha value is -1.58. The van der Waals surface area contributed by atoms with Crippen LogP contribution in [0.15, 0.2) is 18.2 Å². The standard InChI is InChI=1S/C11H14NO3/c1-4-15-9-5-6-11(12(13)14)10(7-9)8(2)3/h5-7H,4H2,1-3H3. The Balaban J connectivity index is 3.15. The first-order valence-electron chi connectivity index (χ1n) is 4.78. The Morgan fingerprint density at radius 1 is 1.47 bits per heavy atom. The van der Waals surface area contributed by atoms with Crippen LogP contribution in [0.5, 0.6) is 5.75 Å². The Labute approximate surface area is 89.0 Å². The van der Waals surface area contributed by atoms with E-state index in [1.807, 2.05) is 20.8 Å². The highest BCUT2D eigenvalue weighted by Gasteiger charge is 2.17. The molecule has 81 valence electrons. The van der Waals surface area contributed by atoms with E-state index in [0.717, 1.165) is 5.92 Å². The predicted octanol–water partition coefficient (Wildman–Crippen LogP) is 2.96. The first-order chi connectivity index (χ1) is 7.06. The molecule has 0 amide bonds. The summed E-state index contributed by atoms with van der Waals surface area (Å²) < 4.78 is 5.30. The maximum absolute atomic E-state index is 10.7. The summed E-state index contributed by atoms with van der Waals surface area (Å²) in [5, 5.41) is 10.7. The van der Waals surface area contributed by atoms with Crippen LogP contribution in [0.3, 0.4) is 0 Å². The summed E-state index contributed by atoms with van der Waals surface area (Å²) in [4.78, 5) is 10.4. The second kappa shape index (κ2) is 4.77. The van der Waals surface area contributed by atoms with Gasteiger partial charge in [0.25, 0.3) is 5.69 Å². The fraction of sp³-hybridized carbons (Fsp3) is 0.364. The molecule has 1 radical (unpaired) electrons. The van der Waals surface area contributed by atoms with Crippen molar-refractivity contribution in [2.24, 2.45) is 0 Å². The summed E-state index contributed by atoms with van der Waals surface area (Å²) in [6.07, 6.45) is 0. The van der Waals surface area contributed by atoms with Gasteiger partial charge in [-0.2, -0.15) is 0 Å². The molecule has 0 aliphatic heterocycles. The molecule has 4 heteroatoms. The molecule has 1 aromatic carbocycles. The summed E-state index contributed by atoms with van der Waals surface area (Å²) in [5.74, 6) is 1.57. The minimum atomic E-state index is -0.377. The SMILES string of the molecule is CCOc1ccc([N+](=O)[O-])c([C](C)C)c1. The van der Waals surface area contributed by atoms with Gasteiger partial charge >= 0.3 is 0 Å². The van der Waals surface area contributed by atoms with Gasteiger partial charge in [0.2, 0.25) is 0 Å². The molecular weight excluding hydrogens is 194 g/mol. The van der Waals surface area contributed by atoms with Crippen LogP contribution in [-0.4, -0.2) is 11.5 Å². The second-order valence-electron chi connectivity index (χ2n) is 3.37. The molecule has 1 aromatic rings. The second-order valence-corrected chi connectivity index (χ2v) is 3.37. The molecule has 0 unspecified atom stereocenters. The summed E-state index contributed by atoms with van der Waals surface area (Å²) in [5.41, 5.74) is 0.754. The number of hydrogen-bond donors (Lipinski definition) is 0. The zero-order chi connectivity index (χ0) is 11.4. The van der Waals surface area contributed by atoms with Crippen LogP contribution in [-0.2, 0) is 0 Å². The van der Waals surface area contributed by atoms with Crippen molar-refractivity contribution >= 4 is 5.69 Å². The molecule has 0 spiro atoms. The van der Waals surface area contributed by atoms with Crippen molar-refractivity contribution in [3.8, 4) is 5.75 Å². The van der Waals surface area contributed by atoms with E-state index < -0.39 is 0 Å². The Kier molecular flexibility index (Phi) is 3.66. The van der Waals surface area contributed by atoms with Crippen LogP contribution in [0.25, 0.3) is 0 Å². The van der Waals surface area contributed by atoms with Crippen molar-refractivity contribution in [1.29, 1.82) is 0 Å². The number of benzene rings is 1. The van der Waals surface area contributed by atoms with E-state index in [1.54, 1.807) is 12.1 Å². The number of nitro benzene ring substituents is 1. The minimum absolute atomic E-state index is 0.124. The van der Waals surface area contributed by atoms with Gasteiger partial charge in [-0.25, -0.2) is 0 Å².